The van der Waals surface area contributed by atoms with Crippen LogP contribution in [0.25, 0.3) is 0 Å². The van der Waals surface area contributed by atoms with Crippen LogP contribution in [0.1, 0.15) is 24.8 Å². The Kier molecular flexibility index (Phi) is 7.72. The molecular weight excluding hydrogens is 332 g/mol. The number of hydrogen-bond donors (Lipinski definition) is 0. The molecule has 0 amide bonds. The third-order valence-corrected chi connectivity index (χ3v) is 5.21. The smallest absolute Gasteiger partial charge is 0.305 e. The van der Waals surface area contributed by atoms with Gasteiger partial charge >= 0.3 is 5.97 Å². The SMILES string of the molecule is COC(=O)CC[C@H]1CN(Cc2cc(OC)cc(OC)c2)CC[C@H]1N(C)C. The van der Waals surface area contributed by atoms with E-state index in [1.54, 1.807) is 14.2 Å². The van der Waals surface area contributed by atoms with Crippen LogP contribution in [0.5, 0.6) is 11.5 Å². The maximum Gasteiger partial charge on any atom is 0.305 e. The number of carbonyl (C=O) groups excluding carboxylic acids is 1. The van der Waals surface area contributed by atoms with Crippen LogP contribution in [-0.2, 0) is 16.1 Å². The maximum atomic E-state index is 11.6. The van der Waals surface area contributed by atoms with E-state index < -0.39 is 0 Å². The fourth-order valence-corrected chi connectivity index (χ4v) is 3.82. The van der Waals surface area contributed by atoms with E-state index in [4.69, 9.17) is 14.2 Å². The number of esters is 1. The van der Waals surface area contributed by atoms with Gasteiger partial charge in [0.15, 0.2) is 0 Å². The van der Waals surface area contributed by atoms with Crippen molar-refractivity contribution in [2.75, 3.05) is 48.5 Å². The molecule has 0 unspecified atom stereocenters. The average molecular weight is 364 g/mol. The van der Waals surface area contributed by atoms with Gasteiger partial charge in [-0.3, -0.25) is 9.69 Å². The summed E-state index contributed by atoms with van der Waals surface area (Å²) in [6.07, 6.45) is 2.43. The summed E-state index contributed by atoms with van der Waals surface area (Å²) in [5.74, 6) is 1.94. The Morgan fingerprint density at radius 1 is 1.15 bits per heavy atom. The summed E-state index contributed by atoms with van der Waals surface area (Å²) in [6.45, 7) is 2.86. The first-order valence-corrected chi connectivity index (χ1v) is 9.14. The molecule has 1 aliphatic heterocycles. The fraction of sp³-hybridized carbons (Fsp3) is 0.650. The highest BCUT2D eigenvalue weighted by Gasteiger charge is 2.31. The van der Waals surface area contributed by atoms with Gasteiger partial charge in [-0.25, -0.2) is 0 Å². The first-order chi connectivity index (χ1) is 12.5. The largest absolute Gasteiger partial charge is 0.497 e. The normalized spacial score (nSPS) is 20.8. The number of nitrogens with zero attached hydrogens (tertiary/aromatic N) is 2. The molecule has 0 N–H and O–H groups in total. The fourth-order valence-electron chi connectivity index (χ4n) is 3.82. The first-order valence-electron chi connectivity index (χ1n) is 9.14. The minimum atomic E-state index is -0.128. The van der Waals surface area contributed by atoms with Crippen LogP contribution in [0.3, 0.4) is 0 Å². The Morgan fingerprint density at radius 3 is 2.35 bits per heavy atom. The number of benzene rings is 1. The highest BCUT2D eigenvalue weighted by Crippen LogP contribution is 2.28. The van der Waals surface area contributed by atoms with E-state index in [-0.39, 0.29) is 5.97 Å². The van der Waals surface area contributed by atoms with Crippen molar-refractivity contribution in [1.29, 1.82) is 0 Å². The molecule has 1 fully saturated rings. The third kappa shape index (κ3) is 5.61. The summed E-state index contributed by atoms with van der Waals surface area (Å²) in [6, 6.07) is 6.50. The zero-order valence-electron chi connectivity index (χ0n) is 16.7. The van der Waals surface area contributed by atoms with Crippen LogP contribution < -0.4 is 9.47 Å². The predicted molar refractivity (Wildman–Crippen MR) is 102 cm³/mol. The second-order valence-corrected chi connectivity index (χ2v) is 7.15. The van der Waals surface area contributed by atoms with Crippen molar-refractivity contribution in [3.8, 4) is 11.5 Å². The number of hydrogen-bond acceptors (Lipinski definition) is 6. The van der Waals surface area contributed by atoms with Gasteiger partial charge < -0.3 is 19.1 Å². The molecule has 1 saturated heterocycles. The number of likely N-dealkylation sites (tertiary alicyclic amines) is 1. The van der Waals surface area contributed by atoms with Crippen molar-refractivity contribution in [2.24, 2.45) is 5.92 Å². The van der Waals surface area contributed by atoms with E-state index in [0.29, 0.717) is 18.4 Å². The first kappa shape index (κ1) is 20.5. The highest BCUT2D eigenvalue weighted by atomic mass is 16.5. The van der Waals surface area contributed by atoms with Crippen molar-refractivity contribution in [3.63, 3.8) is 0 Å². The third-order valence-electron chi connectivity index (χ3n) is 5.21. The van der Waals surface area contributed by atoms with Gasteiger partial charge in [-0.1, -0.05) is 0 Å². The zero-order valence-corrected chi connectivity index (χ0v) is 16.7. The molecule has 2 atom stereocenters. The van der Waals surface area contributed by atoms with Crippen LogP contribution >= 0.6 is 0 Å². The standard InChI is InChI=1S/C20H32N2O4/c1-21(2)19-8-9-22(14-16(19)6-7-20(23)26-5)13-15-10-17(24-3)12-18(11-15)25-4/h10-12,16,19H,6-9,13-14H2,1-5H3/t16-,19+/m0/s1. The molecule has 0 aromatic heterocycles. The lowest BCUT2D eigenvalue weighted by Crippen LogP contribution is -2.48. The minimum Gasteiger partial charge on any atom is -0.497 e. The lowest BCUT2D eigenvalue weighted by Gasteiger charge is -2.41. The molecule has 0 spiro atoms. The predicted octanol–water partition coefficient (Wildman–Crippen LogP) is 2.41. The van der Waals surface area contributed by atoms with E-state index in [1.807, 2.05) is 6.07 Å². The molecule has 0 saturated carbocycles. The average Bonchev–Trinajstić information content (AvgIpc) is 2.65. The van der Waals surface area contributed by atoms with Gasteiger partial charge in [-0.2, -0.15) is 0 Å². The molecule has 1 aromatic carbocycles. The summed E-state index contributed by atoms with van der Waals surface area (Å²) < 4.78 is 15.6. The van der Waals surface area contributed by atoms with Crippen molar-refractivity contribution in [1.82, 2.24) is 9.80 Å². The number of ether oxygens (including phenoxy) is 3. The molecule has 1 heterocycles. The Balaban J connectivity index is 2.05. The quantitative estimate of drug-likeness (QED) is 0.660. The number of rotatable bonds is 8. The molecule has 6 nitrogen and oxygen atoms in total. The van der Waals surface area contributed by atoms with Crippen molar-refractivity contribution in [2.45, 2.75) is 31.8 Å². The Labute approximate surface area is 157 Å². The molecule has 146 valence electrons. The van der Waals surface area contributed by atoms with Gasteiger partial charge in [0.05, 0.1) is 21.3 Å². The van der Waals surface area contributed by atoms with E-state index >= 15 is 0 Å². The van der Waals surface area contributed by atoms with Gasteiger partial charge in [0.1, 0.15) is 11.5 Å². The van der Waals surface area contributed by atoms with Crippen molar-refractivity contribution < 1.29 is 19.0 Å². The zero-order chi connectivity index (χ0) is 19.1. The second kappa shape index (κ2) is 9.78. The van der Waals surface area contributed by atoms with Gasteiger partial charge in [-0.05, 0) is 57.1 Å². The second-order valence-electron chi connectivity index (χ2n) is 7.15. The summed E-state index contributed by atoms with van der Waals surface area (Å²) in [5, 5.41) is 0. The molecule has 0 bridgehead atoms. The van der Waals surface area contributed by atoms with E-state index in [2.05, 4.69) is 36.0 Å². The number of methoxy groups -OCH3 is 3. The summed E-state index contributed by atoms with van der Waals surface area (Å²) in [7, 11) is 9.04. The summed E-state index contributed by atoms with van der Waals surface area (Å²) in [4.78, 5) is 16.3. The molecule has 2 rings (SSSR count). The van der Waals surface area contributed by atoms with Crippen LogP contribution in [0.15, 0.2) is 18.2 Å². The van der Waals surface area contributed by atoms with E-state index in [1.165, 1.54) is 12.7 Å². The maximum absolute atomic E-state index is 11.6. The molecule has 26 heavy (non-hydrogen) atoms. The molecular formula is C20H32N2O4. The van der Waals surface area contributed by atoms with E-state index in [9.17, 15) is 4.79 Å². The molecule has 1 aromatic rings. The molecule has 0 radical (unpaired) electrons. The van der Waals surface area contributed by atoms with Crippen molar-refractivity contribution in [3.05, 3.63) is 23.8 Å². The minimum absolute atomic E-state index is 0.128. The monoisotopic (exact) mass is 364 g/mol. The molecule has 0 aliphatic carbocycles. The summed E-state index contributed by atoms with van der Waals surface area (Å²) >= 11 is 0. The van der Waals surface area contributed by atoms with E-state index in [0.717, 1.165) is 44.0 Å². The van der Waals surface area contributed by atoms with Crippen LogP contribution in [0.2, 0.25) is 0 Å². The van der Waals surface area contributed by atoms with Crippen molar-refractivity contribution >= 4 is 5.97 Å². The van der Waals surface area contributed by atoms with Crippen LogP contribution in [0.4, 0.5) is 0 Å². The van der Waals surface area contributed by atoms with Crippen LogP contribution in [-0.4, -0.2) is 70.3 Å². The lowest BCUT2D eigenvalue weighted by atomic mass is 9.87. The van der Waals surface area contributed by atoms with Gasteiger partial charge in [0, 0.05) is 31.6 Å². The molecule has 1 aliphatic rings. The Morgan fingerprint density at radius 2 is 1.81 bits per heavy atom. The number of carbonyl (C=O) groups is 1. The number of piperidine rings is 1. The van der Waals surface area contributed by atoms with Gasteiger partial charge in [0.25, 0.3) is 0 Å². The van der Waals surface area contributed by atoms with Gasteiger partial charge in [-0.15, -0.1) is 0 Å². The molecule has 6 heteroatoms. The summed E-state index contributed by atoms with van der Waals surface area (Å²) in [5.41, 5.74) is 1.18. The Bertz CT molecular complexity index is 569. The van der Waals surface area contributed by atoms with Crippen LogP contribution in [0, 0.1) is 5.92 Å². The van der Waals surface area contributed by atoms with Gasteiger partial charge in [0.2, 0.25) is 0 Å². The highest BCUT2D eigenvalue weighted by molar-refractivity contribution is 5.69. The topological polar surface area (TPSA) is 51.2 Å². The lowest BCUT2D eigenvalue weighted by molar-refractivity contribution is -0.141. The Hall–Kier alpha value is -1.79.